The normalized spacial score (nSPS) is 15.7. The minimum atomic E-state index is 0.225. The van der Waals surface area contributed by atoms with Gasteiger partial charge in [0.2, 0.25) is 11.1 Å². The van der Waals surface area contributed by atoms with E-state index in [1.54, 1.807) is 11.7 Å². The number of thioether (sulfide) groups is 1. The third-order valence-corrected chi connectivity index (χ3v) is 5.98. The maximum Gasteiger partial charge on any atom is 0.223 e. The number of fused-ring (bicyclic) bond motifs is 1. The number of aromatic amines is 1. The van der Waals surface area contributed by atoms with Crippen LogP contribution in [0.15, 0.2) is 35.5 Å². The molecule has 136 valence electrons. The Kier molecular flexibility index (Phi) is 4.92. The van der Waals surface area contributed by atoms with Gasteiger partial charge in [0.1, 0.15) is 0 Å². The van der Waals surface area contributed by atoms with E-state index in [-0.39, 0.29) is 5.91 Å². The van der Waals surface area contributed by atoms with Crippen molar-refractivity contribution >= 4 is 28.6 Å². The minimum Gasteiger partial charge on any atom is -0.358 e. The molecule has 8 heteroatoms. The number of carbonyl (C=O) groups excluding carboxylic acids is 1. The molecule has 1 saturated heterocycles. The number of aryl methyl sites for hydroxylation is 1. The summed E-state index contributed by atoms with van der Waals surface area (Å²) >= 11 is 1.52. The Bertz CT molecular complexity index is 863. The smallest absolute Gasteiger partial charge is 0.223 e. The third-order valence-electron chi connectivity index (χ3n) is 4.97. The number of rotatable bonds is 5. The number of nitrogens with one attached hydrogen (secondary N) is 1. The summed E-state index contributed by atoms with van der Waals surface area (Å²) in [5.41, 5.74) is 2.49. The molecule has 4 rings (SSSR count). The van der Waals surface area contributed by atoms with E-state index in [0.717, 1.165) is 31.1 Å². The van der Waals surface area contributed by atoms with Crippen molar-refractivity contribution in [2.75, 3.05) is 18.8 Å². The Morgan fingerprint density at radius 2 is 2.12 bits per heavy atom. The molecular formula is C18H22N6OS. The number of hydrogen-bond acceptors (Lipinski definition) is 5. The third kappa shape index (κ3) is 3.60. The summed E-state index contributed by atoms with van der Waals surface area (Å²) in [5.74, 6) is 1.43. The highest BCUT2D eigenvalue weighted by Gasteiger charge is 2.24. The largest absolute Gasteiger partial charge is 0.358 e. The molecule has 0 radical (unpaired) electrons. The van der Waals surface area contributed by atoms with Gasteiger partial charge in [0.25, 0.3) is 0 Å². The summed E-state index contributed by atoms with van der Waals surface area (Å²) in [6, 6.07) is 10.6. The zero-order valence-corrected chi connectivity index (χ0v) is 15.6. The molecule has 0 bridgehead atoms. The van der Waals surface area contributed by atoms with Gasteiger partial charge in [-0.05, 0) is 40.8 Å². The van der Waals surface area contributed by atoms with Gasteiger partial charge in [-0.25, -0.2) is 4.68 Å². The number of H-pyrrole nitrogens is 1. The van der Waals surface area contributed by atoms with E-state index in [1.807, 2.05) is 4.90 Å². The zero-order valence-electron chi connectivity index (χ0n) is 14.8. The van der Waals surface area contributed by atoms with Crippen molar-refractivity contribution in [1.29, 1.82) is 0 Å². The van der Waals surface area contributed by atoms with Crippen LogP contribution >= 0.6 is 11.8 Å². The fourth-order valence-electron chi connectivity index (χ4n) is 3.49. The molecule has 1 amide bonds. The quantitative estimate of drug-likeness (QED) is 0.698. The molecule has 1 fully saturated rings. The number of hydrogen-bond donors (Lipinski definition) is 1. The lowest BCUT2D eigenvalue weighted by molar-refractivity contribution is -0.131. The highest BCUT2D eigenvalue weighted by molar-refractivity contribution is 7.99. The van der Waals surface area contributed by atoms with Crippen LogP contribution in [0.25, 0.3) is 10.9 Å². The van der Waals surface area contributed by atoms with Gasteiger partial charge in [-0.15, -0.1) is 5.10 Å². The Morgan fingerprint density at radius 1 is 1.31 bits per heavy atom. The van der Waals surface area contributed by atoms with Crippen molar-refractivity contribution < 1.29 is 4.79 Å². The Morgan fingerprint density at radius 3 is 2.85 bits per heavy atom. The standard InChI is InChI=1S/C18H22N6OS/c1-23-18(20-21-22-23)26-11-8-17(25)24-9-6-13(7-10-24)16-12-14-4-2-3-5-15(14)19-16/h2-5,12-13,19H,6-11H2,1H3. The number of para-hydroxylation sites is 1. The van der Waals surface area contributed by atoms with Gasteiger partial charge in [-0.3, -0.25) is 4.79 Å². The molecular weight excluding hydrogens is 348 g/mol. The number of likely N-dealkylation sites (tertiary alicyclic amines) is 1. The Hall–Kier alpha value is -2.35. The van der Waals surface area contributed by atoms with Crippen LogP contribution < -0.4 is 0 Å². The molecule has 7 nitrogen and oxygen atoms in total. The molecule has 1 N–H and O–H groups in total. The maximum absolute atomic E-state index is 12.4. The predicted octanol–water partition coefficient (Wildman–Crippen LogP) is 2.58. The number of amides is 1. The van der Waals surface area contributed by atoms with Gasteiger partial charge < -0.3 is 9.88 Å². The summed E-state index contributed by atoms with van der Waals surface area (Å²) < 4.78 is 1.63. The monoisotopic (exact) mass is 370 g/mol. The van der Waals surface area contributed by atoms with E-state index in [2.05, 4.69) is 50.8 Å². The molecule has 0 aliphatic carbocycles. The molecule has 26 heavy (non-hydrogen) atoms. The SMILES string of the molecule is Cn1nnnc1SCCC(=O)N1CCC(c2cc3ccccc3[nH]2)CC1. The first kappa shape index (κ1) is 17.1. The second kappa shape index (κ2) is 7.49. The molecule has 1 aromatic carbocycles. The van der Waals surface area contributed by atoms with Gasteiger partial charge in [0, 0.05) is 49.4 Å². The van der Waals surface area contributed by atoms with Gasteiger partial charge in [-0.1, -0.05) is 30.0 Å². The average molecular weight is 370 g/mol. The van der Waals surface area contributed by atoms with E-state index >= 15 is 0 Å². The molecule has 0 unspecified atom stereocenters. The van der Waals surface area contributed by atoms with Gasteiger partial charge in [0.15, 0.2) is 0 Å². The average Bonchev–Trinajstić information content (AvgIpc) is 3.28. The maximum atomic E-state index is 12.4. The fraction of sp³-hybridized carbons (Fsp3) is 0.444. The van der Waals surface area contributed by atoms with Gasteiger partial charge in [-0.2, -0.15) is 0 Å². The number of benzene rings is 1. The first-order valence-corrected chi connectivity index (χ1v) is 9.90. The Labute approximate surface area is 156 Å². The van der Waals surface area contributed by atoms with Crippen molar-refractivity contribution in [2.24, 2.45) is 7.05 Å². The van der Waals surface area contributed by atoms with Crippen LogP contribution in [0.5, 0.6) is 0 Å². The lowest BCUT2D eigenvalue weighted by Gasteiger charge is -2.31. The van der Waals surface area contributed by atoms with Crippen molar-refractivity contribution in [3.63, 3.8) is 0 Å². The van der Waals surface area contributed by atoms with E-state index in [9.17, 15) is 4.79 Å². The highest BCUT2D eigenvalue weighted by atomic mass is 32.2. The van der Waals surface area contributed by atoms with Crippen LogP contribution in [0, 0.1) is 0 Å². The number of nitrogens with zero attached hydrogens (tertiary/aromatic N) is 5. The molecule has 1 aliphatic heterocycles. The highest BCUT2D eigenvalue weighted by Crippen LogP contribution is 2.30. The molecule has 0 spiro atoms. The molecule has 3 heterocycles. The molecule has 0 atom stereocenters. The van der Waals surface area contributed by atoms with Crippen molar-refractivity contribution in [3.05, 3.63) is 36.0 Å². The van der Waals surface area contributed by atoms with Crippen LogP contribution in [0.1, 0.15) is 30.9 Å². The van der Waals surface area contributed by atoms with Crippen LogP contribution in [0.3, 0.4) is 0 Å². The Balaban J connectivity index is 1.27. The summed E-state index contributed by atoms with van der Waals surface area (Å²) in [5, 5.41) is 13.3. The van der Waals surface area contributed by atoms with Crippen LogP contribution in [0.4, 0.5) is 0 Å². The van der Waals surface area contributed by atoms with Gasteiger partial charge in [0.05, 0.1) is 0 Å². The summed E-state index contributed by atoms with van der Waals surface area (Å²) in [4.78, 5) is 18.0. The van der Waals surface area contributed by atoms with Crippen molar-refractivity contribution in [2.45, 2.75) is 30.3 Å². The lowest BCUT2D eigenvalue weighted by atomic mass is 9.93. The molecule has 1 aliphatic rings. The van der Waals surface area contributed by atoms with E-state index in [4.69, 9.17) is 0 Å². The molecule has 2 aromatic heterocycles. The van der Waals surface area contributed by atoms with Crippen LogP contribution in [-0.2, 0) is 11.8 Å². The summed E-state index contributed by atoms with van der Waals surface area (Å²) in [7, 11) is 1.80. The van der Waals surface area contributed by atoms with Crippen LogP contribution in [-0.4, -0.2) is 54.8 Å². The first-order chi connectivity index (χ1) is 12.7. The van der Waals surface area contributed by atoms with Crippen molar-refractivity contribution in [3.8, 4) is 0 Å². The predicted molar refractivity (Wildman–Crippen MR) is 101 cm³/mol. The number of aromatic nitrogens is 5. The summed E-state index contributed by atoms with van der Waals surface area (Å²) in [6.07, 6.45) is 2.55. The van der Waals surface area contributed by atoms with Crippen molar-refractivity contribution in [1.82, 2.24) is 30.1 Å². The number of tetrazole rings is 1. The zero-order chi connectivity index (χ0) is 17.9. The van der Waals surface area contributed by atoms with E-state index in [1.165, 1.54) is 28.4 Å². The van der Waals surface area contributed by atoms with Gasteiger partial charge >= 0.3 is 0 Å². The summed E-state index contributed by atoms with van der Waals surface area (Å²) in [6.45, 7) is 1.66. The van der Waals surface area contributed by atoms with Crippen LogP contribution in [0.2, 0.25) is 0 Å². The lowest BCUT2D eigenvalue weighted by Crippen LogP contribution is -2.38. The molecule has 0 saturated carbocycles. The number of carbonyl (C=O) groups is 1. The minimum absolute atomic E-state index is 0.225. The second-order valence-electron chi connectivity index (χ2n) is 6.65. The fourth-order valence-corrected chi connectivity index (χ4v) is 4.26. The number of piperidine rings is 1. The van der Waals surface area contributed by atoms with E-state index < -0.39 is 0 Å². The molecule has 3 aromatic rings. The van der Waals surface area contributed by atoms with E-state index in [0.29, 0.717) is 18.1 Å². The second-order valence-corrected chi connectivity index (χ2v) is 7.71. The topological polar surface area (TPSA) is 79.7 Å². The first-order valence-electron chi connectivity index (χ1n) is 8.91.